The van der Waals surface area contributed by atoms with E-state index < -0.39 is 5.97 Å². The molecule has 2 aliphatic heterocycles. The summed E-state index contributed by atoms with van der Waals surface area (Å²) in [5.74, 6) is 1.45. The topological polar surface area (TPSA) is 95.6 Å². The van der Waals surface area contributed by atoms with Gasteiger partial charge in [0, 0.05) is 12.6 Å². The number of para-hydroxylation sites is 1. The molecule has 0 aromatic heterocycles. The van der Waals surface area contributed by atoms with Crippen LogP contribution in [0.3, 0.4) is 0 Å². The molecule has 0 spiro atoms. The predicted molar refractivity (Wildman–Crippen MR) is 106 cm³/mol. The molecule has 2 aromatic carbocycles. The summed E-state index contributed by atoms with van der Waals surface area (Å²) in [6, 6.07) is 11.7. The van der Waals surface area contributed by atoms with E-state index in [2.05, 4.69) is 5.32 Å². The lowest BCUT2D eigenvalue weighted by Gasteiger charge is -2.33. The summed E-state index contributed by atoms with van der Waals surface area (Å²) >= 11 is 0. The van der Waals surface area contributed by atoms with Crippen LogP contribution in [0.15, 0.2) is 42.5 Å². The molecule has 158 valence electrons. The number of morpholine rings is 1. The van der Waals surface area contributed by atoms with Crippen molar-refractivity contribution in [3.8, 4) is 17.2 Å². The molecule has 9 nitrogen and oxygen atoms in total. The summed E-state index contributed by atoms with van der Waals surface area (Å²) in [5, 5.41) is 2.78. The minimum atomic E-state index is -0.511. The molecule has 0 radical (unpaired) electrons. The van der Waals surface area contributed by atoms with Crippen LogP contribution in [0.1, 0.15) is 10.4 Å². The average molecular weight is 414 g/mol. The van der Waals surface area contributed by atoms with Gasteiger partial charge in [-0.05, 0) is 24.3 Å². The number of nitrogens with one attached hydrogen (secondary N) is 1. The number of ether oxygens (including phenoxy) is 5. The minimum absolute atomic E-state index is 0.202. The molecule has 1 unspecified atom stereocenters. The molecule has 2 aliphatic rings. The Hall–Kier alpha value is -3.46. The van der Waals surface area contributed by atoms with Gasteiger partial charge in [-0.15, -0.1) is 0 Å². The van der Waals surface area contributed by atoms with Crippen molar-refractivity contribution < 1.29 is 33.3 Å². The standard InChI is InChI=1S/C21H22N2O7/c1-26-20(24)16-4-2-3-5-17(16)22-21(25)23-8-9-27-15(11-23)12-28-14-6-7-18-19(10-14)30-13-29-18/h2-7,10,15H,8-9,11-13H2,1H3,(H,22,25). The van der Waals surface area contributed by atoms with Crippen molar-refractivity contribution in [2.45, 2.75) is 6.10 Å². The number of fused-ring (bicyclic) bond motifs is 1. The van der Waals surface area contributed by atoms with Crippen molar-refractivity contribution in [2.75, 3.05) is 45.5 Å². The Labute approximate surface area is 173 Å². The lowest BCUT2D eigenvalue weighted by Crippen LogP contribution is -2.49. The predicted octanol–water partition coefficient (Wildman–Crippen LogP) is 2.51. The van der Waals surface area contributed by atoms with E-state index in [9.17, 15) is 9.59 Å². The molecule has 9 heteroatoms. The van der Waals surface area contributed by atoms with Gasteiger partial charge in [-0.2, -0.15) is 0 Å². The van der Waals surface area contributed by atoms with Gasteiger partial charge in [0.05, 0.1) is 31.5 Å². The maximum absolute atomic E-state index is 12.7. The van der Waals surface area contributed by atoms with E-state index in [1.807, 2.05) is 0 Å². The largest absolute Gasteiger partial charge is 0.491 e. The Morgan fingerprint density at radius 2 is 2.00 bits per heavy atom. The highest BCUT2D eigenvalue weighted by molar-refractivity contribution is 6.00. The summed E-state index contributed by atoms with van der Waals surface area (Å²) in [4.78, 5) is 26.2. The minimum Gasteiger partial charge on any atom is -0.491 e. The number of nitrogens with zero attached hydrogens (tertiary/aromatic N) is 1. The Morgan fingerprint density at radius 1 is 1.17 bits per heavy atom. The normalized spacial score (nSPS) is 17.4. The van der Waals surface area contributed by atoms with Gasteiger partial charge in [0.25, 0.3) is 0 Å². The molecule has 1 saturated heterocycles. The number of hydrogen-bond donors (Lipinski definition) is 1. The molecule has 2 aromatic rings. The summed E-state index contributed by atoms with van der Waals surface area (Å²) in [6.07, 6.45) is -0.286. The van der Waals surface area contributed by atoms with Crippen LogP contribution < -0.4 is 19.5 Å². The van der Waals surface area contributed by atoms with Crippen LogP contribution in [-0.2, 0) is 9.47 Å². The van der Waals surface area contributed by atoms with E-state index in [0.717, 1.165) is 0 Å². The second-order valence-electron chi connectivity index (χ2n) is 6.73. The van der Waals surface area contributed by atoms with E-state index in [4.69, 9.17) is 23.7 Å². The van der Waals surface area contributed by atoms with Crippen molar-refractivity contribution >= 4 is 17.7 Å². The fourth-order valence-corrected chi connectivity index (χ4v) is 3.23. The van der Waals surface area contributed by atoms with Crippen molar-refractivity contribution in [1.29, 1.82) is 0 Å². The van der Waals surface area contributed by atoms with Crippen LogP contribution in [0.2, 0.25) is 0 Å². The zero-order valence-corrected chi connectivity index (χ0v) is 16.5. The number of methoxy groups -OCH3 is 1. The number of amides is 2. The second-order valence-corrected chi connectivity index (χ2v) is 6.73. The smallest absolute Gasteiger partial charge is 0.339 e. The first-order chi connectivity index (χ1) is 14.6. The van der Waals surface area contributed by atoms with Crippen LogP contribution in [0.5, 0.6) is 17.2 Å². The first kappa shape index (κ1) is 19.8. The highest BCUT2D eigenvalue weighted by Crippen LogP contribution is 2.35. The molecule has 4 rings (SSSR count). The number of carbonyl (C=O) groups excluding carboxylic acids is 2. The third-order valence-electron chi connectivity index (χ3n) is 4.78. The molecular formula is C21H22N2O7. The number of esters is 1. The van der Waals surface area contributed by atoms with E-state index in [1.54, 1.807) is 47.4 Å². The lowest BCUT2D eigenvalue weighted by molar-refractivity contribution is -0.0337. The van der Waals surface area contributed by atoms with E-state index in [0.29, 0.717) is 48.2 Å². The number of benzene rings is 2. The van der Waals surface area contributed by atoms with Gasteiger partial charge in [0.1, 0.15) is 18.5 Å². The van der Waals surface area contributed by atoms with Gasteiger partial charge in [-0.3, -0.25) is 0 Å². The molecule has 30 heavy (non-hydrogen) atoms. The second kappa shape index (κ2) is 8.91. The summed E-state index contributed by atoms with van der Waals surface area (Å²) < 4.78 is 26.9. The van der Waals surface area contributed by atoms with Gasteiger partial charge in [-0.1, -0.05) is 12.1 Å². The molecule has 2 heterocycles. The number of anilines is 1. The maximum atomic E-state index is 12.7. The van der Waals surface area contributed by atoms with Gasteiger partial charge >= 0.3 is 12.0 Å². The first-order valence-corrected chi connectivity index (χ1v) is 9.51. The number of hydrogen-bond acceptors (Lipinski definition) is 7. The Balaban J connectivity index is 1.33. The van der Waals surface area contributed by atoms with Crippen molar-refractivity contribution in [2.24, 2.45) is 0 Å². The van der Waals surface area contributed by atoms with Crippen LogP contribution in [0, 0.1) is 0 Å². The van der Waals surface area contributed by atoms with Gasteiger partial charge < -0.3 is 33.9 Å². The van der Waals surface area contributed by atoms with Crippen LogP contribution in [0.25, 0.3) is 0 Å². The molecule has 0 bridgehead atoms. The fourth-order valence-electron chi connectivity index (χ4n) is 3.23. The van der Waals surface area contributed by atoms with Crippen LogP contribution in [-0.4, -0.2) is 63.2 Å². The number of carbonyl (C=O) groups is 2. The summed E-state index contributed by atoms with van der Waals surface area (Å²) in [7, 11) is 1.30. The van der Waals surface area contributed by atoms with E-state index in [-0.39, 0.29) is 25.5 Å². The van der Waals surface area contributed by atoms with E-state index in [1.165, 1.54) is 7.11 Å². The van der Waals surface area contributed by atoms with E-state index >= 15 is 0 Å². The monoisotopic (exact) mass is 414 g/mol. The molecule has 0 saturated carbocycles. The molecular weight excluding hydrogens is 392 g/mol. The molecule has 1 atom stereocenters. The highest BCUT2D eigenvalue weighted by atomic mass is 16.7. The molecule has 1 N–H and O–H groups in total. The van der Waals surface area contributed by atoms with Crippen molar-refractivity contribution in [3.63, 3.8) is 0 Å². The lowest BCUT2D eigenvalue weighted by atomic mass is 10.2. The molecule has 0 aliphatic carbocycles. The zero-order valence-electron chi connectivity index (χ0n) is 16.5. The first-order valence-electron chi connectivity index (χ1n) is 9.51. The fraction of sp³-hybridized carbons (Fsp3) is 0.333. The van der Waals surface area contributed by atoms with Gasteiger partial charge in [-0.25, -0.2) is 9.59 Å². The van der Waals surface area contributed by atoms with Crippen molar-refractivity contribution in [1.82, 2.24) is 4.90 Å². The zero-order chi connectivity index (χ0) is 20.9. The Bertz CT molecular complexity index is 933. The SMILES string of the molecule is COC(=O)c1ccccc1NC(=O)N1CCOC(COc2ccc3c(c2)OCO3)C1. The number of rotatable bonds is 5. The maximum Gasteiger partial charge on any atom is 0.339 e. The third-order valence-corrected chi connectivity index (χ3v) is 4.78. The Kier molecular flexibility index (Phi) is 5.89. The molecule has 2 amide bonds. The van der Waals surface area contributed by atoms with Crippen LogP contribution in [0.4, 0.5) is 10.5 Å². The number of urea groups is 1. The molecule has 1 fully saturated rings. The van der Waals surface area contributed by atoms with Gasteiger partial charge in [0.2, 0.25) is 6.79 Å². The van der Waals surface area contributed by atoms with Crippen LogP contribution >= 0.6 is 0 Å². The quantitative estimate of drug-likeness (QED) is 0.751. The summed E-state index contributed by atoms with van der Waals surface area (Å²) in [6.45, 7) is 1.67. The van der Waals surface area contributed by atoms with Crippen molar-refractivity contribution in [3.05, 3.63) is 48.0 Å². The Morgan fingerprint density at radius 3 is 2.87 bits per heavy atom. The van der Waals surface area contributed by atoms with Gasteiger partial charge in [0.15, 0.2) is 11.5 Å². The third kappa shape index (κ3) is 4.41. The average Bonchev–Trinajstić information content (AvgIpc) is 3.25. The highest BCUT2D eigenvalue weighted by Gasteiger charge is 2.26. The summed E-state index contributed by atoms with van der Waals surface area (Å²) in [5.41, 5.74) is 0.693.